The summed E-state index contributed by atoms with van der Waals surface area (Å²) in [5.74, 6) is 2.21. The van der Waals surface area contributed by atoms with Crippen molar-refractivity contribution in [3.05, 3.63) is 60.1 Å². The highest BCUT2D eigenvalue weighted by Crippen LogP contribution is 2.21. The minimum atomic E-state index is -0.278. The van der Waals surface area contributed by atoms with Gasteiger partial charge >= 0.3 is 6.09 Å². The van der Waals surface area contributed by atoms with Crippen LogP contribution < -0.4 is 4.90 Å². The van der Waals surface area contributed by atoms with Crippen LogP contribution in [0.4, 0.5) is 10.6 Å². The largest absolute Gasteiger partial charge is 0.445 e. The van der Waals surface area contributed by atoms with Crippen molar-refractivity contribution < 1.29 is 14.1 Å². The summed E-state index contributed by atoms with van der Waals surface area (Å²) in [6, 6.07) is 13.6. The standard InChI is InChI=1S/C22H25N5O3/c1-16(2)21-24-20(25-30-21)18-8-9-19(23-14-18)26-10-12-27(13-11-26)22(28)29-15-17-6-4-3-5-7-17/h3-9,14,16H,10-13,15H2,1-2H3. The summed E-state index contributed by atoms with van der Waals surface area (Å²) in [6.07, 6.45) is 1.48. The molecule has 156 valence electrons. The number of amides is 1. The Hall–Kier alpha value is -3.42. The third kappa shape index (κ3) is 4.59. The minimum Gasteiger partial charge on any atom is -0.445 e. The van der Waals surface area contributed by atoms with E-state index in [1.54, 1.807) is 11.1 Å². The SMILES string of the molecule is CC(C)c1nc(-c2ccc(N3CCN(C(=O)OCc4ccccc4)CC3)nc2)no1. The van der Waals surface area contributed by atoms with E-state index in [4.69, 9.17) is 9.26 Å². The molecule has 30 heavy (non-hydrogen) atoms. The van der Waals surface area contributed by atoms with Crippen LogP contribution in [0.25, 0.3) is 11.4 Å². The van der Waals surface area contributed by atoms with Gasteiger partial charge in [-0.15, -0.1) is 0 Å². The van der Waals surface area contributed by atoms with Crippen LogP contribution in [-0.2, 0) is 11.3 Å². The molecule has 8 nitrogen and oxygen atoms in total. The Balaban J connectivity index is 1.29. The van der Waals surface area contributed by atoms with Gasteiger partial charge in [0.15, 0.2) is 0 Å². The summed E-state index contributed by atoms with van der Waals surface area (Å²) in [7, 11) is 0. The van der Waals surface area contributed by atoms with E-state index in [-0.39, 0.29) is 18.6 Å². The zero-order valence-electron chi connectivity index (χ0n) is 17.2. The van der Waals surface area contributed by atoms with Gasteiger partial charge in [0, 0.05) is 43.9 Å². The maximum absolute atomic E-state index is 12.3. The number of ether oxygens (including phenoxy) is 1. The van der Waals surface area contributed by atoms with E-state index in [1.807, 2.05) is 56.3 Å². The molecular formula is C22H25N5O3. The number of piperazine rings is 1. The Bertz CT molecular complexity index is 964. The molecule has 2 aromatic heterocycles. The summed E-state index contributed by atoms with van der Waals surface area (Å²) in [6.45, 7) is 6.90. The highest BCUT2D eigenvalue weighted by molar-refractivity contribution is 5.68. The fraction of sp³-hybridized carbons (Fsp3) is 0.364. The maximum atomic E-state index is 12.3. The lowest BCUT2D eigenvalue weighted by Gasteiger charge is -2.34. The summed E-state index contributed by atoms with van der Waals surface area (Å²) in [5.41, 5.74) is 1.80. The number of aromatic nitrogens is 3. The molecule has 1 saturated heterocycles. The Morgan fingerprint density at radius 3 is 2.50 bits per heavy atom. The smallest absolute Gasteiger partial charge is 0.410 e. The van der Waals surface area contributed by atoms with Gasteiger partial charge in [-0.3, -0.25) is 0 Å². The number of pyridine rings is 1. The van der Waals surface area contributed by atoms with Crippen molar-refractivity contribution in [2.45, 2.75) is 26.4 Å². The van der Waals surface area contributed by atoms with Crippen molar-refractivity contribution in [1.82, 2.24) is 20.0 Å². The third-order valence-corrected chi connectivity index (χ3v) is 5.01. The fourth-order valence-corrected chi connectivity index (χ4v) is 3.22. The molecule has 0 saturated carbocycles. The average molecular weight is 407 g/mol. The molecule has 0 atom stereocenters. The Morgan fingerprint density at radius 1 is 1.10 bits per heavy atom. The van der Waals surface area contributed by atoms with E-state index < -0.39 is 0 Å². The van der Waals surface area contributed by atoms with Crippen molar-refractivity contribution in [3.63, 3.8) is 0 Å². The minimum absolute atomic E-state index is 0.189. The summed E-state index contributed by atoms with van der Waals surface area (Å²) < 4.78 is 10.7. The van der Waals surface area contributed by atoms with Gasteiger partial charge in [0.1, 0.15) is 12.4 Å². The molecule has 0 spiro atoms. The van der Waals surface area contributed by atoms with Gasteiger partial charge in [-0.05, 0) is 17.7 Å². The van der Waals surface area contributed by atoms with Gasteiger partial charge in [0.25, 0.3) is 0 Å². The normalized spacial score (nSPS) is 14.2. The van der Waals surface area contributed by atoms with Crippen LogP contribution in [0.3, 0.4) is 0 Å². The number of carbonyl (C=O) groups is 1. The van der Waals surface area contributed by atoms with Gasteiger partial charge in [-0.2, -0.15) is 4.98 Å². The molecule has 0 aliphatic carbocycles. The molecule has 3 aromatic rings. The second-order valence-electron chi connectivity index (χ2n) is 7.53. The van der Waals surface area contributed by atoms with E-state index in [9.17, 15) is 4.79 Å². The van der Waals surface area contributed by atoms with Gasteiger partial charge in [-0.25, -0.2) is 9.78 Å². The van der Waals surface area contributed by atoms with Gasteiger partial charge in [0.05, 0.1) is 0 Å². The molecule has 0 radical (unpaired) electrons. The summed E-state index contributed by atoms with van der Waals surface area (Å²) in [4.78, 5) is 25.2. The Labute approximate surface area is 175 Å². The van der Waals surface area contributed by atoms with Crippen LogP contribution in [0.5, 0.6) is 0 Å². The van der Waals surface area contributed by atoms with E-state index in [2.05, 4.69) is 20.0 Å². The third-order valence-electron chi connectivity index (χ3n) is 5.01. The number of rotatable bonds is 5. The van der Waals surface area contributed by atoms with E-state index in [0.717, 1.165) is 16.9 Å². The molecule has 1 aromatic carbocycles. The maximum Gasteiger partial charge on any atom is 0.410 e. The predicted octanol–water partition coefficient (Wildman–Crippen LogP) is 3.71. The molecule has 4 rings (SSSR count). The van der Waals surface area contributed by atoms with Crippen LogP contribution >= 0.6 is 0 Å². The van der Waals surface area contributed by atoms with Crippen molar-refractivity contribution in [2.24, 2.45) is 0 Å². The van der Waals surface area contributed by atoms with Gasteiger partial charge in [0.2, 0.25) is 11.7 Å². The first kappa shape index (κ1) is 19.9. The highest BCUT2D eigenvalue weighted by atomic mass is 16.6. The number of nitrogens with zero attached hydrogens (tertiary/aromatic N) is 5. The number of carbonyl (C=O) groups excluding carboxylic acids is 1. The van der Waals surface area contributed by atoms with Crippen LogP contribution in [0.2, 0.25) is 0 Å². The van der Waals surface area contributed by atoms with Crippen molar-refractivity contribution in [3.8, 4) is 11.4 Å². The molecule has 1 aliphatic heterocycles. The lowest BCUT2D eigenvalue weighted by atomic mass is 10.2. The van der Waals surface area contributed by atoms with Crippen molar-refractivity contribution in [1.29, 1.82) is 0 Å². The topological polar surface area (TPSA) is 84.6 Å². The van der Waals surface area contributed by atoms with Crippen molar-refractivity contribution in [2.75, 3.05) is 31.1 Å². The Morgan fingerprint density at radius 2 is 1.87 bits per heavy atom. The van der Waals surface area contributed by atoms with Crippen LogP contribution in [-0.4, -0.2) is 52.3 Å². The molecule has 0 unspecified atom stereocenters. The molecular weight excluding hydrogens is 382 g/mol. The molecule has 1 fully saturated rings. The monoisotopic (exact) mass is 407 g/mol. The zero-order chi connectivity index (χ0) is 20.9. The molecule has 3 heterocycles. The predicted molar refractivity (Wildman–Crippen MR) is 112 cm³/mol. The van der Waals surface area contributed by atoms with Crippen LogP contribution in [0.1, 0.15) is 31.2 Å². The summed E-state index contributed by atoms with van der Waals surface area (Å²) >= 11 is 0. The Kier molecular flexibility index (Phi) is 5.92. The lowest BCUT2D eigenvalue weighted by Crippen LogP contribution is -2.49. The molecule has 1 amide bonds. The van der Waals surface area contributed by atoms with Gasteiger partial charge in [-0.1, -0.05) is 49.3 Å². The first-order valence-electron chi connectivity index (χ1n) is 10.1. The number of benzene rings is 1. The van der Waals surface area contributed by atoms with E-state index in [1.165, 1.54) is 0 Å². The molecule has 8 heteroatoms. The van der Waals surface area contributed by atoms with Crippen molar-refractivity contribution >= 4 is 11.9 Å². The van der Waals surface area contributed by atoms with Gasteiger partial charge < -0.3 is 19.1 Å². The average Bonchev–Trinajstić information content (AvgIpc) is 3.29. The number of hydrogen-bond donors (Lipinski definition) is 0. The highest BCUT2D eigenvalue weighted by Gasteiger charge is 2.23. The zero-order valence-corrected chi connectivity index (χ0v) is 17.2. The van der Waals surface area contributed by atoms with E-state index >= 15 is 0 Å². The van der Waals surface area contributed by atoms with Crippen LogP contribution in [0, 0.1) is 0 Å². The quantitative estimate of drug-likeness (QED) is 0.637. The number of anilines is 1. The van der Waals surface area contributed by atoms with E-state index in [0.29, 0.717) is 37.9 Å². The molecule has 0 bridgehead atoms. The second-order valence-corrected chi connectivity index (χ2v) is 7.53. The lowest BCUT2D eigenvalue weighted by molar-refractivity contribution is 0.0941. The fourth-order valence-electron chi connectivity index (χ4n) is 3.22. The second kappa shape index (κ2) is 8.94. The first-order chi connectivity index (χ1) is 14.6. The first-order valence-corrected chi connectivity index (χ1v) is 10.1. The molecule has 0 N–H and O–H groups in total. The van der Waals surface area contributed by atoms with Crippen LogP contribution in [0.15, 0.2) is 53.2 Å². The molecule has 1 aliphatic rings. The summed E-state index contributed by atoms with van der Waals surface area (Å²) in [5, 5.41) is 4.02. The number of hydrogen-bond acceptors (Lipinski definition) is 7.